The van der Waals surface area contributed by atoms with Crippen molar-refractivity contribution in [2.24, 2.45) is 0 Å². The fraction of sp³-hybridized carbons (Fsp3) is 0.235. The zero-order valence-electron chi connectivity index (χ0n) is 11.4. The topological polar surface area (TPSA) is 35.8 Å². The second kappa shape index (κ2) is 6.58. The highest BCUT2D eigenvalue weighted by Gasteiger charge is 2.23. The van der Waals surface area contributed by atoms with E-state index in [0.717, 1.165) is 23.0 Å². The van der Waals surface area contributed by atoms with E-state index in [-0.39, 0.29) is 0 Å². The van der Waals surface area contributed by atoms with Gasteiger partial charge in [0.25, 0.3) is 0 Å². The largest absolute Gasteiger partial charge is 0.368 e. The Hall–Kier alpha value is -1.79. The lowest BCUT2D eigenvalue weighted by Crippen LogP contribution is -2.33. The van der Waals surface area contributed by atoms with Crippen molar-refractivity contribution >= 4 is 21.6 Å². The van der Waals surface area contributed by atoms with E-state index in [4.69, 9.17) is 0 Å². The van der Waals surface area contributed by atoms with Crippen molar-refractivity contribution in [2.75, 3.05) is 5.32 Å². The molecule has 1 atom stereocenters. The number of hydrogen-bond donors (Lipinski definition) is 1. The molecule has 0 amide bonds. The van der Waals surface area contributed by atoms with Gasteiger partial charge in [0.05, 0.1) is 6.07 Å². The summed E-state index contributed by atoms with van der Waals surface area (Å²) in [7, 11) is 0. The minimum Gasteiger partial charge on any atom is -0.368 e. The first-order valence-corrected chi connectivity index (χ1v) is 7.39. The molecule has 2 nitrogen and oxygen atoms in total. The van der Waals surface area contributed by atoms with Gasteiger partial charge in [-0.2, -0.15) is 5.26 Å². The average Bonchev–Trinajstić information content (AvgIpc) is 2.46. The summed E-state index contributed by atoms with van der Waals surface area (Å²) in [5.74, 6) is 0. The molecular formula is C17H17BrN2. The van der Waals surface area contributed by atoms with Gasteiger partial charge in [0.15, 0.2) is 0 Å². The second-order valence-corrected chi connectivity index (χ2v) is 5.98. The van der Waals surface area contributed by atoms with E-state index in [2.05, 4.69) is 39.4 Å². The van der Waals surface area contributed by atoms with Gasteiger partial charge in [-0.1, -0.05) is 52.3 Å². The van der Waals surface area contributed by atoms with Crippen LogP contribution in [0.4, 0.5) is 5.69 Å². The fourth-order valence-corrected chi connectivity index (χ4v) is 2.47. The normalized spacial score (nSPS) is 13.2. The van der Waals surface area contributed by atoms with Crippen molar-refractivity contribution in [3.8, 4) is 6.07 Å². The highest BCUT2D eigenvalue weighted by atomic mass is 79.9. The Balaban J connectivity index is 2.04. The van der Waals surface area contributed by atoms with Gasteiger partial charge in [0, 0.05) is 10.2 Å². The van der Waals surface area contributed by atoms with Crippen LogP contribution in [0.5, 0.6) is 0 Å². The van der Waals surface area contributed by atoms with Crippen LogP contribution in [0.2, 0.25) is 0 Å². The van der Waals surface area contributed by atoms with E-state index in [0.29, 0.717) is 0 Å². The Bertz CT molecular complexity index is 604. The summed E-state index contributed by atoms with van der Waals surface area (Å²) in [6.45, 7) is 1.94. The maximum Gasteiger partial charge on any atom is 0.122 e. The van der Waals surface area contributed by atoms with Gasteiger partial charge in [0.1, 0.15) is 5.54 Å². The maximum absolute atomic E-state index is 9.47. The molecule has 0 aliphatic rings. The summed E-state index contributed by atoms with van der Waals surface area (Å²) < 4.78 is 1.01. The Morgan fingerprint density at radius 1 is 1.15 bits per heavy atom. The molecule has 0 fully saturated rings. The molecule has 1 unspecified atom stereocenters. The van der Waals surface area contributed by atoms with Crippen LogP contribution in [0.3, 0.4) is 0 Å². The van der Waals surface area contributed by atoms with Crippen molar-refractivity contribution in [1.29, 1.82) is 5.26 Å². The molecule has 102 valence electrons. The summed E-state index contributed by atoms with van der Waals surface area (Å²) in [6.07, 6.45) is 1.64. The summed E-state index contributed by atoms with van der Waals surface area (Å²) in [5.41, 5.74) is 1.64. The van der Waals surface area contributed by atoms with Crippen LogP contribution >= 0.6 is 15.9 Å². The number of benzene rings is 2. The number of hydrogen-bond acceptors (Lipinski definition) is 2. The van der Waals surface area contributed by atoms with E-state index in [1.54, 1.807) is 0 Å². The van der Waals surface area contributed by atoms with Gasteiger partial charge in [-0.3, -0.25) is 0 Å². The first-order valence-electron chi connectivity index (χ1n) is 6.60. The molecule has 2 aromatic rings. The summed E-state index contributed by atoms with van der Waals surface area (Å²) in [4.78, 5) is 0. The van der Waals surface area contributed by atoms with E-state index < -0.39 is 5.54 Å². The first-order chi connectivity index (χ1) is 9.61. The minimum absolute atomic E-state index is 0.573. The van der Waals surface area contributed by atoms with Crippen LogP contribution in [-0.2, 0) is 6.42 Å². The van der Waals surface area contributed by atoms with Crippen LogP contribution in [0, 0.1) is 11.3 Å². The summed E-state index contributed by atoms with van der Waals surface area (Å²) in [6, 6.07) is 20.5. The minimum atomic E-state index is -0.573. The average molecular weight is 329 g/mol. The predicted molar refractivity (Wildman–Crippen MR) is 86.5 cm³/mol. The molecule has 0 aliphatic heterocycles. The molecule has 0 spiro atoms. The van der Waals surface area contributed by atoms with E-state index in [1.807, 2.05) is 49.4 Å². The SMILES string of the molecule is CC(C#N)(CCc1ccccc1)Nc1cccc(Br)c1. The smallest absolute Gasteiger partial charge is 0.122 e. The third-order valence-corrected chi connectivity index (χ3v) is 3.74. The Kier molecular flexibility index (Phi) is 4.81. The molecule has 0 saturated carbocycles. The molecule has 2 rings (SSSR count). The van der Waals surface area contributed by atoms with E-state index >= 15 is 0 Å². The molecule has 20 heavy (non-hydrogen) atoms. The van der Waals surface area contributed by atoms with E-state index in [9.17, 15) is 5.26 Å². The lowest BCUT2D eigenvalue weighted by atomic mass is 9.94. The fourth-order valence-electron chi connectivity index (χ4n) is 2.07. The third-order valence-electron chi connectivity index (χ3n) is 3.25. The number of aryl methyl sites for hydroxylation is 1. The first kappa shape index (κ1) is 14.6. The number of rotatable bonds is 5. The number of nitrogens with zero attached hydrogens (tertiary/aromatic N) is 1. The Morgan fingerprint density at radius 3 is 2.55 bits per heavy atom. The van der Waals surface area contributed by atoms with Gasteiger partial charge in [-0.15, -0.1) is 0 Å². The summed E-state index contributed by atoms with van der Waals surface area (Å²) >= 11 is 3.44. The van der Waals surface area contributed by atoms with E-state index in [1.165, 1.54) is 5.56 Å². The third kappa shape index (κ3) is 4.11. The molecule has 2 aromatic carbocycles. The van der Waals surface area contributed by atoms with Crippen LogP contribution in [0.1, 0.15) is 18.9 Å². The van der Waals surface area contributed by atoms with Gasteiger partial charge in [-0.25, -0.2) is 0 Å². The second-order valence-electron chi connectivity index (χ2n) is 5.06. The van der Waals surface area contributed by atoms with Crippen molar-refractivity contribution < 1.29 is 0 Å². The molecule has 0 bridgehead atoms. The van der Waals surface area contributed by atoms with Gasteiger partial charge < -0.3 is 5.32 Å². The molecule has 0 saturated heterocycles. The molecule has 0 aromatic heterocycles. The summed E-state index contributed by atoms with van der Waals surface area (Å²) in [5, 5.41) is 12.8. The van der Waals surface area contributed by atoms with Crippen LogP contribution in [0.25, 0.3) is 0 Å². The van der Waals surface area contributed by atoms with Gasteiger partial charge in [0.2, 0.25) is 0 Å². The highest BCUT2D eigenvalue weighted by molar-refractivity contribution is 9.10. The zero-order chi connectivity index (χ0) is 14.4. The quantitative estimate of drug-likeness (QED) is 0.857. The molecule has 1 N–H and O–H groups in total. The molecule has 0 radical (unpaired) electrons. The predicted octanol–water partition coefficient (Wildman–Crippen LogP) is 4.78. The highest BCUT2D eigenvalue weighted by Crippen LogP contribution is 2.22. The lowest BCUT2D eigenvalue weighted by Gasteiger charge is -2.24. The molecular weight excluding hydrogens is 312 g/mol. The van der Waals surface area contributed by atoms with Crippen LogP contribution in [0.15, 0.2) is 59.1 Å². The van der Waals surface area contributed by atoms with Crippen molar-refractivity contribution in [2.45, 2.75) is 25.3 Å². The van der Waals surface area contributed by atoms with Gasteiger partial charge in [-0.05, 0) is 43.5 Å². The number of nitrogens with one attached hydrogen (secondary N) is 1. The molecule has 0 heterocycles. The molecule has 3 heteroatoms. The molecule has 0 aliphatic carbocycles. The lowest BCUT2D eigenvalue weighted by molar-refractivity contribution is 0.589. The Morgan fingerprint density at radius 2 is 1.90 bits per heavy atom. The number of halogens is 1. The Labute approximate surface area is 128 Å². The van der Waals surface area contributed by atoms with Crippen molar-refractivity contribution in [3.05, 3.63) is 64.6 Å². The maximum atomic E-state index is 9.47. The van der Waals surface area contributed by atoms with Crippen LogP contribution < -0.4 is 5.32 Å². The van der Waals surface area contributed by atoms with Crippen molar-refractivity contribution in [1.82, 2.24) is 0 Å². The monoisotopic (exact) mass is 328 g/mol. The zero-order valence-corrected chi connectivity index (χ0v) is 13.0. The van der Waals surface area contributed by atoms with Crippen molar-refractivity contribution in [3.63, 3.8) is 0 Å². The standard InChI is InChI=1S/C17H17BrN2/c1-17(13-19,11-10-14-6-3-2-4-7-14)20-16-9-5-8-15(18)12-16/h2-9,12,20H,10-11H2,1H3. The number of nitriles is 1. The number of anilines is 1. The van der Waals surface area contributed by atoms with Gasteiger partial charge >= 0.3 is 0 Å². The van der Waals surface area contributed by atoms with Crippen LogP contribution in [-0.4, -0.2) is 5.54 Å².